The third-order valence-corrected chi connectivity index (χ3v) is 2.24. The van der Waals surface area contributed by atoms with E-state index in [-0.39, 0.29) is 18.7 Å². The fraction of sp³-hybridized carbons (Fsp3) is 0.625. The molecule has 1 rings (SSSR count). The molecule has 0 N–H and O–H groups in total. The van der Waals surface area contributed by atoms with Gasteiger partial charge in [0, 0.05) is 6.08 Å². The summed E-state index contributed by atoms with van der Waals surface area (Å²) in [7, 11) is -3.36. The average molecular weight is 220 g/mol. The number of ether oxygens (including phenoxy) is 1. The number of hydrogen-bond acceptors (Lipinski definition) is 5. The molecule has 0 saturated heterocycles. The second kappa shape index (κ2) is 4.56. The van der Waals surface area contributed by atoms with Gasteiger partial charge in [-0.15, -0.1) is 0 Å². The van der Waals surface area contributed by atoms with Gasteiger partial charge in [-0.2, -0.15) is 8.42 Å². The summed E-state index contributed by atoms with van der Waals surface area (Å²) < 4.78 is 30.5. The van der Waals surface area contributed by atoms with Crippen molar-refractivity contribution in [2.45, 2.75) is 18.9 Å². The van der Waals surface area contributed by atoms with Gasteiger partial charge < -0.3 is 4.74 Å². The third-order valence-electron chi connectivity index (χ3n) is 1.64. The Hall–Kier alpha value is -0.880. The van der Waals surface area contributed by atoms with Gasteiger partial charge in [0.25, 0.3) is 10.1 Å². The zero-order valence-electron chi connectivity index (χ0n) is 7.80. The van der Waals surface area contributed by atoms with Gasteiger partial charge in [-0.1, -0.05) is 0 Å². The Labute approximate surface area is 82.8 Å². The molecule has 1 unspecified atom stereocenters. The van der Waals surface area contributed by atoms with Crippen LogP contribution in [0.2, 0.25) is 0 Å². The summed E-state index contributed by atoms with van der Waals surface area (Å²) >= 11 is 0. The minimum Gasteiger partial charge on any atom is -0.455 e. The van der Waals surface area contributed by atoms with Crippen LogP contribution in [-0.2, 0) is 23.8 Å². The maximum absolute atomic E-state index is 10.6. The van der Waals surface area contributed by atoms with Gasteiger partial charge >= 0.3 is 5.97 Å². The molecule has 5 nitrogen and oxygen atoms in total. The van der Waals surface area contributed by atoms with Crippen molar-refractivity contribution in [3.8, 4) is 0 Å². The van der Waals surface area contributed by atoms with E-state index in [0.717, 1.165) is 6.26 Å². The molecule has 0 aromatic rings. The lowest BCUT2D eigenvalue weighted by Crippen LogP contribution is -2.10. The Morgan fingerprint density at radius 2 is 2.29 bits per heavy atom. The number of carbonyl (C=O) groups excluding carboxylic acids is 1. The van der Waals surface area contributed by atoms with Gasteiger partial charge in [-0.05, 0) is 18.9 Å². The topological polar surface area (TPSA) is 69.7 Å². The standard InChI is InChI=1S/C8H12O5S/c1-14(10,11)12-6-2-3-7-4-5-8(9)13-7/h4-5,7H,2-3,6H2,1H3. The Morgan fingerprint density at radius 3 is 2.79 bits per heavy atom. The minimum atomic E-state index is -3.36. The second-order valence-electron chi connectivity index (χ2n) is 3.00. The molecular weight excluding hydrogens is 208 g/mol. The summed E-state index contributed by atoms with van der Waals surface area (Å²) in [6.07, 6.45) is 4.91. The van der Waals surface area contributed by atoms with Crippen LogP contribution < -0.4 is 0 Å². The van der Waals surface area contributed by atoms with Gasteiger partial charge in [0.05, 0.1) is 12.9 Å². The van der Waals surface area contributed by atoms with Crippen molar-refractivity contribution in [3.05, 3.63) is 12.2 Å². The van der Waals surface area contributed by atoms with E-state index in [1.54, 1.807) is 6.08 Å². The average Bonchev–Trinajstić information content (AvgIpc) is 2.44. The first-order chi connectivity index (χ1) is 6.47. The SMILES string of the molecule is CS(=O)(=O)OCCCC1C=CC(=O)O1. The van der Waals surface area contributed by atoms with Gasteiger partial charge in [-0.3, -0.25) is 4.18 Å². The maximum atomic E-state index is 10.6. The molecule has 0 saturated carbocycles. The Morgan fingerprint density at radius 1 is 1.57 bits per heavy atom. The first kappa shape index (κ1) is 11.2. The lowest BCUT2D eigenvalue weighted by atomic mass is 10.2. The van der Waals surface area contributed by atoms with Crippen LogP contribution in [0.15, 0.2) is 12.2 Å². The molecule has 80 valence electrons. The van der Waals surface area contributed by atoms with Crippen molar-refractivity contribution in [1.82, 2.24) is 0 Å². The molecule has 0 spiro atoms. The fourth-order valence-electron chi connectivity index (χ4n) is 1.06. The van der Waals surface area contributed by atoms with Crippen LogP contribution in [0.25, 0.3) is 0 Å². The molecule has 0 amide bonds. The number of rotatable bonds is 5. The summed E-state index contributed by atoms with van der Waals surface area (Å²) in [6, 6.07) is 0. The van der Waals surface area contributed by atoms with E-state index >= 15 is 0 Å². The Balaban J connectivity index is 2.11. The van der Waals surface area contributed by atoms with E-state index in [1.807, 2.05) is 0 Å². The lowest BCUT2D eigenvalue weighted by molar-refractivity contribution is -0.138. The van der Waals surface area contributed by atoms with E-state index in [9.17, 15) is 13.2 Å². The predicted octanol–water partition coefficient (Wildman–Crippen LogP) is 0.224. The number of esters is 1. The third kappa shape index (κ3) is 4.38. The molecule has 0 bridgehead atoms. The van der Waals surface area contributed by atoms with Crippen LogP contribution in [-0.4, -0.2) is 33.4 Å². The fourth-order valence-corrected chi connectivity index (χ4v) is 1.48. The van der Waals surface area contributed by atoms with E-state index in [1.165, 1.54) is 6.08 Å². The predicted molar refractivity (Wildman–Crippen MR) is 49.0 cm³/mol. The summed E-state index contributed by atoms with van der Waals surface area (Å²) in [6.45, 7) is 0.126. The van der Waals surface area contributed by atoms with Crippen molar-refractivity contribution in [3.63, 3.8) is 0 Å². The summed E-state index contributed by atoms with van der Waals surface area (Å²) in [5.41, 5.74) is 0. The van der Waals surface area contributed by atoms with Gasteiger partial charge in [0.1, 0.15) is 6.10 Å². The first-order valence-electron chi connectivity index (χ1n) is 4.20. The molecular formula is C8H12O5S. The molecule has 0 aromatic carbocycles. The molecule has 6 heteroatoms. The minimum absolute atomic E-state index is 0.126. The summed E-state index contributed by atoms with van der Waals surface area (Å²) in [5, 5.41) is 0. The van der Waals surface area contributed by atoms with E-state index < -0.39 is 10.1 Å². The Bertz CT molecular complexity index is 330. The number of hydrogen-bond donors (Lipinski definition) is 0. The molecule has 1 heterocycles. The van der Waals surface area contributed by atoms with Crippen LogP contribution in [0.4, 0.5) is 0 Å². The zero-order valence-corrected chi connectivity index (χ0v) is 8.62. The van der Waals surface area contributed by atoms with E-state index in [2.05, 4.69) is 4.18 Å². The highest BCUT2D eigenvalue weighted by Crippen LogP contribution is 2.11. The zero-order chi connectivity index (χ0) is 10.6. The van der Waals surface area contributed by atoms with Crippen LogP contribution in [0, 0.1) is 0 Å². The van der Waals surface area contributed by atoms with Crippen LogP contribution >= 0.6 is 0 Å². The van der Waals surface area contributed by atoms with Gasteiger partial charge in [0.15, 0.2) is 0 Å². The van der Waals surface area contributed by atoms with E-state index in [0.29, 0.717) is 12.8 Å². The molecule has 0 fully saturated rings. The molecule has 1 aliphatic heterocycles. The molecule has 1 atom stereocenters. The highest BCUT2D eigenvalue weighted by molar-refractivity contribution is 7.85. The van der Waals surface area contributed by atoms with E-state index in [4.69, 9.17) is 4.74 Å². The van der Waals surface area contributed by atoms with Crippen LogP contribution in [0.1, 0.15) is 12.8 Å². The number of cyclic esters (lactones) is 1. The van der Waals surface area contributed by atoms with Crippen LogP contribution in [0.3, 0.4) is 0 Å². The lowest BCUT2D eigenvalue weighted by Gasteiger charge is -2.07. The molecule has 14 heavy (non-hydrogen) atoms. The molecule has 0 aromatic heterocycles. The second-order valence-corrected chi connectivity index (χ2v) is 4.65. The Kier molecular flexibility index (Phi) is 3.65. The van der Waals surface area contributed by atoms with Gasteiger partial charge in [0.2, 0.25) is 0 Å². The highest BCUT2D eigenvalue weighted by atomic mass is 32.2. The number of carbonyl (C=O) groups is 1. The first-order valence-corrected chi connectivity index (χ1v) is 6.02. The van der Waals surface area contributed by atoms with Gasteiger partial charge in [-0.25, -0.2) is 4.79 Å². The normalized spacial score (nSPS) is 21.2. The largest absolute Gasteiger partial charge is 0.455 e. The maximum Gasteiger partial charge on any atom is 0.331 e. The van der Waals surface area contributed by atoms with Crippen molar-refractivity contribution in [2.75, 3.05) is 12.9 Å². The summed E-state index contributed by atoms with van der Waals surface area (Å²) in [4.78, 5) is 10.6. The molecule has 0 aliphatic carbocycles. The van der Waals surface area contributed by atoms with Crippen LogP contribution in [0.5, 0.6) is 0 Å². The van der Waals surface area contributed by atoms with Crippen molar-refractivity contribution < 1.29 is 22.1 Å². The quantitative estimate of drug-likeness (QED) is 0.376. The molecule has 0 radical (unpaired) electrons. The van der Waals surface area contributed by atoms with Crippen molar-refractivity contribution in [1.29, 1.82) is 0 Å². The van der Waals surface area contributed by atoms with Crippen molar-refractivity contribution >= 4 is 16.1 Å². The monoisotopic (exact) mass is 220 g/mol. The summed E-state index contributed by atoms with van der Waals surface area (Å²) in [5.74, 6) is -0.348. The smallest absolute Gasteiger partial charge is 0.331 e. The molecule has 1 aliphatic rings. The van der Waals surface area contributed by atoms with Crippen molar-refractivity contribution in [2.24, 2.45) is 0 Å². The highest BCUT2D eigenvalue weighted by Gasteiger charge is 2.15.